The first-order valence-electron chi connectivity index (χ1n) is 5.71. The highest BCUT2D eigenvalue weighted by atomic mass is 16.5. The normalized spacial score (nSPS) is 30.9. The van der Waals surface area contributed by atoms with Crippen LogP contribution >= 0.6 is 0 Å². The van der Waals surface area contributed by atoms with Crippen LogP contribution in [0.5, 0.6) is 0 Å². The summed E-state index contributed by atoms with van der Waals surface area (Å²) in [6.45, 7) is 11.5. The third-order valence-electron chi connectivity index (χ3n) is 3.19. The molecule has 1 aliphatic rings. The van der Waals surface area contributed by atoms with E-state index in [2.05, 4.69) is 18.7 Å². The van der Waals surface area contributed by atoms with Gasteiger partial charge in [-0.15, -0.1) is 0 Å². The maximum absolute atomic E-state index is 5.65. The second-order valence-electron chi connectivity index (χ2n) is 4.49. The molecule has 1 aliphatic heterocycles. The Hall–Kier alpha value is -0.120. The Balaban J connectivity index is 2.29. The smallest absolute Gasteiger partial charge is 0.0823 e. The van der Waals surface area contributed by atoms with Gasteiger partial charge < -0.3 is 15.4 Å². The first kappa shape index (κ1) is 12.0. The second-order valence-corrected chi connectivity index (χ2v) is 4.49. The number of rotatable bonds is 5. The minimum atomic E-state index is 0.220. The molecule has 3 atom stereocenters. The topological polar surface area (TPSA) is 38.5 Å². The highest BCUT2D eigenvalue weighted by Gasteiger charge is 2.27. The van der Waals surface area contributed by atoms with Crippen molar-refractivity contribution < 1.29 is 4.74 Å². The quantitative estimate of drug-likeness (QED) is 0.718. The van der Waals surface area contributed by atoms with Gasteiger partial charge in [0.2, 0.25) is 0 Å². The van der Waals surface area contributed by atoms with Crippen molar-refractivity contribution in [2.24, 2.45) is 17.6 Å². The molecule has 0 aliphatic carbocycles. The van der Waals surface area contributed by atoms with Crippen molar-refractivity contribution >= 4 is 0 Å². The van der Waals surface area contributed by atoms with Crippen LogP contribution < -0.4 is 5.73 Å². The van der Waals surface area contributed by atoms with Crippen LogP contribution in [0.4, 0.5) is 0 Å². The van der Waals surface area contributed by atoms with Crippen molar-refractivity contribution in [3.05, 3.63) is 0 Å². The third kappa shape index (κ3) is 3.23. The lowest BCUT2D eigenvalue weighted by atomic mass is 10.0. The summed E-state index contributed by atoms with van der Waals surface area (Å²) in [5.41, 5.74) is 5.65. The molecule has 1 saturated heterocycles. The van der Waals surface area contributed by atoms with Crippen molar-refractivity contribution in [2.75, 3.05) is 32.8 Å². The Morgan fingerprint density at radius 1 is 1.36 bits per heavy atom. The van der Waals surface area contributed by atoms with Crippen LogP contribution in [0.2, 0.25) is 0 Å². The molecule has 0 aromatic carbocycles. The molecule has 3 heteroatoms. The number of hydrogen-bond donors (Lipinski definition) is 1. The van der Waals surface area contributed by atoms with E-state index in [4.69, 9.17) is 10.5 Å². The highest BCUT2D eigenvalue weighted by Crippen LogP contribution is 2.22. The molecule has 0 aromatic rings. The Labute approximate surface area is 87.6 Å². The first-order chi connectivity index (χ1) is 6.67. The molecule has 0 radical (unpaired) electrons. The van der Waals surface area contributed by atoms with Crippen LogP contribution in [0.3, 0.4) is 0 Å². The zero-order chi connectivity index (χ0) is 10.6. The molecule has 0 saturated carbocycles. The molecule has 0 aromatic heterocycles. The Kier molecular flexibility index (Phi) is 4.85. The van der Waals surface area contributed by atoms with Gasteiger partial charge in [0.05, 0.1) is 6.10 Å². The van der Waals surface area contributed by atoms with Crippen molar-refractivity contribution in [3.8, 4) is 0 Å². The van der Waals surface area contributed by atoms with Gasteiger partial charge in [0, 0.05) is 32.8 Å². The highest BCUT2D eigenvalue weighted by molar-refractivity contribution is 4.80. The van der Waals surface area contributed by atoms with Crippen molar-refractivity contribution in [1.29, 1.82) is 0 Å². The number of ether oxygens (including phenoxy) is 1. The van der Waals surface area contributed by atoms with Crippen LogP contribution in [0, 0.1) is 11.8 Å². The van der Waals surface area contributed by atoms with E-state index in [1.54, 1.807) is 0 Å². The summed E-state index contributed by atoms with van der Waals surface area (Å²) in [7, 11) is 0. The summed E-state index contributed by atoms with van der Waals surface area (Å²) < 4.78 is 5.56. The van der Waals surface area contributed by atoms with Gasteiger partial charge in [0.15, 0.2) is 0 Å². The van der Waals surface area contributed by atoms with Crippen molar-refractivity contribution in [2.45, 2.75) is 26.9 Å². The number of nitrogens with zero attached hydrogens (tertiary/aromatic N) is 1. The second kappa shape index (κ2) is 5.69. The fourth-order valence-corrected chi connectivity index (χ4v) is 2.12. The zero-order valence-electron chi connectivity index (χ0n) is 9.70. The summed E-state index contributed by atoms with van der Waals surface area (Å²) in [4.78, 5) is 2.47. The van der Waals surface area contributed by atoms with Crippen molar-refractivity contribution in [1.82, 2.24) is 4.90 Å². The summed E-state index contributed by atoms with van der Waals surface area (Å²) in [5.74, 6) is 1.63. The van der Waals surface area contributed by atoms with Gasteiger partial charge in [-0.25, -0.2) is 0 Å². The lowest BCUT2D eigenvalue weighted by Gasteiger charge is -2.22. The maximum Gasteiger partial charge on any atom is 0.0823 e. The third-order valence-corrected chi connectivity index (χ3v) is 3.19. The van der Waals surface area contributed by atoms with Crippen LogP contribution in [0.1, 0.15) is 20.8 Å². The van der Waals surface area contributed by atoms with E-state index in [1.807, 2.05) is 6.92 Å². The molecule has 3 nitrogen and oxygen atoms in total. The summed E-state index contributed by atoms with van der Waals surface area (Å²) >= 11 is 0. The van der Waals surface area contributed by atoms with Gasteiger partial charge in [0.25, 0.3) is 0 Å². The van der Waals surface area contributed by atoms with E-state index in [-0.39, 0.29) is 6.10 Å². The van der Waals surface area contributed by atoms with Gasteiger partial charge in [-0.2, -0.15) is 0 Å². The predicted octanol–water partition coefficient (Wildman–Crippen LogP) is 0.938. The van der Waals surface area contributed by atoms with E-state index >= 15 is 0 Å². The summed E-state index contributed by atoms with van der Waals surface area (Å²) in [5, 5.41) is 0. The fraction of sp³-hybridized carbons (Fsp3) is 1.00. The number of hydrogen-bond acceptors (Lipinski definition) is 3. The molecule has 1 fully saturated rings. The monoisotopic (exact) mass is 200 g/mol. The Bertz CT molecular complexity index is 153. The molecule has 1 heterocycles. The lowest BCUT2D eigenvalue weighted by Crippen LogP contribution is -2.37. The van der Waals surface area contributed by atoms with Gasteiger partial charge in [-0.05, 0) is 18.8 Å². The number of likely N-dealkylation sites (tertiary alicyclic amines) is 1. The first-order valence-corrected chi connectivity index (χ1v) is 5.71. The van der Waals surface area contributed by atoms with Gasteiger partial charge in [-0.1, -0.05) is 13.8 Å². The standard InChI is InChI=1S/C11H24N2O/c1-4-14-11(5-12)8-13-6-9(2)10(3)7-13/h9-11H,4-8,12H2,1-3H3. The molecule has 0 spiro atoms. The average molecular weight is 200 g/mol. The molecule has 14 heavy (non-hydrogen) atoms. The predicted molar refractivity (Wildman–Crippen MR) is 59.2 cm³/mol. The van der Waals surface area contributed by atoms with Crippen LogP contribution in [-0.4, -0.2) is 43.8 Å². The van der Waals surface area contributed by atoms with Crippen LogP contribution in [-0.2, 0) is 4.74 Å². The minimum Gasteiger partial charge on any atom is -0.376 e. The Morgan fingerprint density at radius 3 is 2.36 bits per heavy atom. The Morgan fingerprint density at radius 2 is 1.93 bits per heavy atom. The van der Waals surface area contributed by atoms with Gasteiger partial charge in [-0.3, -0.25) is 0 Å². The molecule has 3 unspecified atom stereocenters. The van der Waals surface area contributed by atoms with E-state index < -0.39 is 0 Å². The van der Waals surface area contributed by atoms with E-state index in [0.29, 0.717) is 6.54 Å². The van der Waals surface area contributed by atoms with Gasteiger partial charge in [0.1, 0.15) is 0 Å². The molecule has 84 valence electrons. The molecule has 0 amide bonds. The average Bonchev–Trinajstić information content (AvgIpc) is 2.45. The van der Waals surface area contributed by atoms with Crippen LogP contribution in [0.25, 0.3) is 0 Å². The van der Waals surface area contributed by atoms with E-state index in [9.17, 15) is 0 Å². The molecule has 2 N–H and O–H groups in total. The van der Waals surface area contributed by atoms with Crippen LogP contribution in [0.15, 0.2) is 0 Å². The molecular weight excluding hydrogens is 176 g/mol. The fourth-order valence-electron chi connectivity index (χ4n) is 2.12. The zero-order valence-corrected chi connectivity index (χ0v) is 9.70. The minimum absolute atomic E-state index is 0.220. The summed E-state index contributed by atoms with van der Waals surface area (Å²) in [6, 6.07) is 0. The maximum atomic E-state index is 5.65. The van der Waals surface area contributed by atoms with Gasteiger partial charge >= 0.3 is 0 Å². The van der Waals surface area contributed by atoms with E-state index in [0.717, 1.165) is 25.0 Å². The van der Waals surface area contributed by atoms with E-state index in [1.165, 1.54) is 13.1 Å². The lowest BCUT2D eigenvalue weighted by molar-refractivity contribution is 0.0437. The molecule has 0 bridgehead atoms. The summed E-state index contributed by atoms with van der Waals surface area (Å²) in [6.07, 6.45) is 0.220. The molecular formula is C11H24N2O. The van der Waals surface area contributed by atoms with Crippen molar-refractivity contribution in [3.63, 3.8) is 0 Å². The largest absolute Gasteiger partial charge is 0.376 e. The number of nitrogens with two attached hydrogens (primary N) is 1. The SMILES string of the molecule is CCOC(CN)CN1CC(C)C(C)C1. The molecule has 1 rings (SSSR count).